The summed E-state index contributed by atoms with van der Waals surface area (Å²) in [6.45, 7) is 0. The number of carbonyl (C=O) groups is 1. The second kappa shape index (κ2) is 3.50. The standard InChI is InChI=1S/C10H10BrNO/c11-6-5-9-7-3-1-2-4-8(7)10(13)12-9/h1-4,9H,5-6H2,(H,12,13). The van der Waals surface area contributed by atoms with Crippen molar-refractivity contribution in [2.24, 2.45) is 0 Å². The van der Waals surface area contributed by atoms with Crippen LogP contribution in [0.1, 0.15) is 28.4 Å². The Bertz CT molecular complexity index is 337. The van der Waals surface area contributed by atoms with Gasteiger partial charge in [0.1, 0.15) is 0 Å². The van der Waals surface area contributed by atoms with Gasteiger partial charge in [-0.05, 0) is 18.1 Å². The molecule has 1 heterocycles. The van der Waals surface area contributed by atoms with Crippen LogP contribution in [0.4, 0.5) is 0 Å². The predicted molar refractivity (Wildman–Crippen MR) is 55.1 cm³/mol. The summed E-state index contributed by atoms with van der Waals surface area (Å²) in [6, 6.07) is 7.96. The molecule has 0 spiro atoms. The van der Waals surface area contributed by atoms with Crippen molar-refractivity contribution in [3.8, 4) is 0 Å². The molecule has 0 fully saturated rings. The van der Waals surface area contributed by atoms with Crippen molar-refractivity contribution in [2.45, 2.75) is 12.5 Å². The number of benzene rings is 1. The third-order valence-corrected chi connectivity index (χ3v) is 2.74. The van der Waals surface area contributed by atoms with Gasteiger partial charge < -0.3 is 5.32 Å². The molecule has 0 bridgehead atoms. The van der Waals surface area contributed by atoms with Gasteiger partial charge in [-0.1, -0.05) is 34.1 Å². The first-order valence-corrected chi connectivity index (χ1v) is 5.41. The van der Waals surface area contributed by atoms with Crippen LogP contribution in [-0.2, 0) is 0 Å². The number of amides is 1. The maximum absolute atomic E-state index is 11.4. The topological polar surface area (TPSA) is 29.1 Å². The average Bonchev–Trinajstić information content (AvgIpc) is 2.46. The molecule has 1 aromatic carbocycles. The molecule has 0 saturated heterocycles. The number of nitrogens with one attached hydrogen (secondary N) is 1. The summed E-state index contributed by atoms with van der Waals surface area (Å²) in [6.07, 6.45) is 0.947. The van der Waals surface area contributed by atoms with Crippen LogP contribution >= 0.6 is 15.9 Å². The summed E-state index contributed by atoms with van der Waals surface area (Å²) in [5.41, 5.74) is 1.96. The number of hydrogen-bond acceptors (Lipinski definition) is 1. The van der Waals surface area contributed by atoms with Gasteiger partial charge in [0, 0.05) is 10.9 Å². The minimum atomic E-state index is 0.0570. The fourth-order valence-electron chi connectivity index (χ4n) is 1.66. The van der Waals surface area contributed by atoms with Gasteiger partial charge in [0.05, 0.1) is 6.04 Å². The van der Waals surface area contributed by atoms with Crippen molar-refractivity contribution in [1.29, 1.82) is 0 Å². The Labute approximate surface area is 85.5 Å². The van der Waals surface area contributed by atoms with E-state index in [1.54, 1.807) is 0 Å². The highest BCUT2D eigenvalue weighted by Gasteiger charge is 2.26. The highest BCUT2D eigenvalue weighted by Crippen LogP contribution is 2.27. The first-order chi connectivity index (χ1) is 6.33. The van der Waals surface area contributed by atoms with Crippen LogP contribution in [0.25, 0.3) is 0 Å². The largest absolute Gasteiger partial charge is 0.345 e. The maximum Gasteiger partial charge on any atom is 0.252 e. The molecule has 1 unspecified atom stereocenters. The monoisotopic (exact) mass is 239 g/mol. The minimum Gasteiger partial charge on any atom is -0.345 e. The van der Waals surface area contributed by atoms with E-state index in [1.165, 1.54) is 0 Å². The molecule has 0 radical (unpaired) electrons. The lowest BCUT2D eigenvalue weighted by Crippen LogP contribution is -2.19. The van der Waals surface area contributed by atoms with Crippen LogP contribution < -0.4 is 5.32 Å². The highest BCUT2D eigenvalue weighted by atomic mass is 79.9. The van der Waals surface area contributed by atoms with Gasteiger partial charge in [0.15, 0.2) is 0 Å². The average molecular weight is 240 g/mol. The van der Waals surface area contributed by atoms with Crippen LogP contribution in [0.2, 0.25) is 0 Å². The molecular weight excluding hydrogens is 230 g/mol. The van der Waals surface area contributed by atoms with Crippen molar-refractivity contribution in [3.63, 3.8) is 0 Å². The number of halogens is 1. The Morgan fingerprint density at radius 1 is 1.38 bits per heavy atom. The van der Waals surface area contributed by atoms with Crippen molar-refractivity contribution < 1.29 is 4.79 Å². The zero-order valence-corrected chi connectivity index (χ0v) is 8.67. The highest BCUT2D eigenvalue weighted by molar-refractivity contribution is 9.09. The molecule has 13 heavy (non-hydrogen) atoms. The van der Waals surface area contributed by atoms with Crippen LogP contribution in [0.15, 0.2) is 24.3 Å². The first kappa shape index (κ1) is 8.75. The van der Waals surface area contributed by atoms with E-state index in [0.717, 1.165) is 22.9 Å². The van der Waals surface area contributed by atoms with E-state index in [0.29, 0.717) is 0 Å². The lowest BCUT2D eigenvalue weighted by Gasteiger charge is -2.08. The lowest BCUT2D eigenvalue weighted by atomic mass is 10.0. The summed E-state index contributed by atoms with van der Waals surface area (Å²) in [4.78, 5) is 11.4. The van der Waals surface area contributed by atoms with Gasteiger partial charge in [0.2, 0.25) is 0 Å². The van der Waals surface area contributed by atoms with E-state index in [1.807, 2.05) is 24.3 Å². The lowest BCUT2D eigenvalue weighted by molar-refractivity contribution is 0.0956. The third-order valence-electron chi connectivity index (χ3n) is 2.28. The van der Waals surface area contributed by atoms with Crippen LogP contribution in [-0.4, -0.2) is 11.2 Å². The summed E-state index contributed by atoms with van der Waals surface area (Å²) >= 11 is 3.38. The Morgan fingerprint density at radius 3 is 2.92 bits per heavy atom. The van der Waals surface area contributed by atoms with E-state index in [4.69, 9.17) is 0 Å². The number of hydrogen-bond donors (Lipinski definition) is 1. The molecule has 0 saturated carbocycles. The molecule has 3 heteroatoms. The Hall–Kier alpha value is -0.830. The van der Waals surface area contributed by atoms with Crippen LogP contribution in [0.5, 0.6) is 0 Å². The van der Waals surface area contributed by atoms with Gasteiger partial charge in [-0.3, -0.25) is 4.79 Å². The van der Waals surface area contributed by atoms with Gasteiger partial charge in [-0.2, -0.15) is 0 Å². The smallest absolute Gasteiger partial charge is 0.252 e. The van der Waals surface area contributed by atoms with Gasteiger partial charge in [0.25, 0.3) is 5.91 Å². The van der Waals surface area contributed by atoms with E-state index >= 15 is 0 Å². The minimum absolute atomic E-state index is 0.0570. The molecule has 2 nitrogen and oxygen atoms in total. The first-order valence-electron chi connectivity index (χ1n) is 4.28. The van der Waals surface area contributed by atoms with E-state index in [2.05, 4.69) is 21.2 Å². The molecule has 68 valence electrons. The fourth-order valence-corrected chi connectivity index (χ4v) is 2.12. The third kappa shape index (κ3) is 1.48. The summed E-state index contributed by atoms with van der Waals surface area (Å²) in [5, 5.41) is 3.86. The molecule has 2 rings (SSSR count). The zero-order valence-electron chi connectivity index (χ0n) is 7.09. The molecule has 1 N–H and O–H groups in total. The van der Waals surface area contributed by atoms with E-state index in [-0.39, 0.29) is 11.9 Å². The number of alkyl halides is 1. The number of rotatable bonds is 2. The van der Waals surface area contributed by atoms with Crippen molar-refractivity contribution in [1.82, 2.24) is 5.32 Å². The molecule has 1 amide bonds. The second-order valence-electron chi connectivity index (χ2n) is 3.09. The van der Waals surface area contributed by atoms with Crippen molar-refractivity contribution in [3.05, 3.63) is 35.4 Å². The van der Waals surface area contributed by atoms with E-state index in [9.17, 15) is 4.79 Å². The maximum atomic E-state index is 11.4. The summed E-state index contributed by atoms with van der Waals surface area (Å²) in [7, 11) is 0. The second-order valence-corrected chi connectivity index (χ2v) is 3.88. The quantitative estimate of drug-likeness (QED) is 0.789. The predicted octanol–water partition coefficient (Wildman–Crippen LogP) is 2.26. The molecule has 1 aliphatic rings. The Kier molecular flexibility index (Phi) is 2.36. The molecular formula is C10H10BrNO. The summed E-state index contributed by atoms with van der Waals surface area (Å²) < 4.78 is 0. The normalized spacial score (nSPS) is 19.8. The number of fused-ring (bicyclic) bond motifs is 1. The molecule has 1 aromatic rings. The number of carbonyl (C=O) groups excluding carboxylic acids is 1. The van der Waals surface area contributed by atoms with E-state index < -0.39 is 0 Å². The fraction of sp³-hybridized carbons (Fsp3) is 0.300. The summed E-state index contributed by atoms with van der Waals surface area (Å²) in [5.74, 6) is 0.0570. The van der Waals surface area contributed by atoms with Gasteiger partial charge in [-0.25, -0.2) is 0 Å². The van der Waals surface area contributed by atoms with Crippen LogP contribution in [0, 0.1) is 0 Å². The molecule has 1 aliphatic heterocycles. The molecule has 0 aromatic heterocycles. The molecule has 1 atom stereocenters. The van der Waals surface area contributed by atoms with Crippen molar-refractivity contribution >= 4 is 21.8 Å². The van der Waals surface area contributed by atoms with Crippen molar-refractivity contribution in [2.75, 3.05) is 5.33 Å². The zero-order chi connectivity index (χ0) is 9.26. The van der Waals surface area contributed by atoms with Gasteiger partial charge in [-0.15, -0.1) is 0 Å². The Morgan fingerprint density at radius 2 is 2.15 bits per heavy atom. The SMILES string of the molecule is O=C1NC(CCBr)c2ccccc21. The van der Waals surface area contributed by atoms with Gasteiger partial charge >= 0.3 is 0 Å². The Balaban J connectivity index is 2.36. The van der Waals surface area contributed by atoms with Crippen LogP contribution in [0.3, 0.4) is 0 Å². The molecule has 0 aliphatic carbocycles.